The number of hydrogen-bond donors (Lipinski definition) is 2. The highest BCUT2D eigenvalue weighted by molar-refractivity contribution is 6.55. The molecule has 0 aromatic carbocycles. The van der Waals surface area contributed by atoms with Crippen molar-refractivity contribution in [2.75, 3.05) is 0 Å². The van der Waals surface area contributed by atoms with Crippen LogP contribution in [-0.4, -0.2) is 38.3 Å². The van der Waals surface area contributed by atoms with Crippen molar-refractivity contribution in [2.45, 2.75) is 5.67 Å². The Hall–Kier alpha value is 0.171. The van der Waals surface area contributed by atoms with Crippen molar-refractivity contribution in [1.29, 1.82) is 0 Å². The molecule has 0 bridgehead atoms. The van der Waals surface area contributed by atoms with Gasteiger partial charge in [0.1, 0.15) is 0 Å². The molecule has 0 aliphatic carbocycles. The van der Waals surface area contributed by atoms with Gasteiger partial charge in [-0.3, -0.25) is 0 Å². The molecule has 0 unspecified atom stereocenters. The molecule has 0 saturated carbocycles. The average molecular weight is 168 g/mol. The highest BCUT2D eigenvalue weighted by Gasteiger charge is 2.03. The Kier molecular flexibility index (Phi) is 5.42. The summed E-state index contributed by atoms with van der Waals surface area (Å²) in [5.41, 5.74) is 0.304. The Labute approximate surface area is 53.3 Å². The van der Waals surface area contributed by atoms with Crippen LogP contribution in [0.25, 0.3) is 0 Å². The zero-order valence-corrected chi connectivity index (χ0v) is 8.16. The summed E-state index contributed by atoms with van der Waals surface area (Å²) in [5.74, 6) is 0. The van der Waals surface area contributed by atoms with Gasteiger partial charge in [0, 0.05) is 5.67 Å². The summed E-state index contributed by atoms with van der Waals surface area (Å²) < 4.78 is 14.8. The molecule has 4 nitrogen and oxygen atoms in total. The molecule has 0 aromatic heterocycles. The second-order valence-electron chi connectivity index (χ2n) is 1.12. The zero-order chi connectivity index (χ0) is 6.41. The van der Waals surface area contributed by atoms with E-state index in [2.05, 4.69) is 4.12 Å². The van der Waals surface area contributed by atoms with E-state index in [0.29, 0.717) is 5.67 Å². The summed E-state index contributed by atoms with van der Waals surface area (Å²) in [6.07, 6.45) is 0. The lowest BCUT2D eigenvalue weighted by Crippen LogP contribution is -2.12. The van der Waals surface area contributed by atoms with Gasteiger partial charge in [-0.25, -0.2) is 0 Å². The van der Waals surface area contributed by atoms with Crippen LogP contribution in [0, 0.1) is 0 Å². The first-order valence-corrected chi connectivity index (χ1v) is 6.55. The smallest absolute Gasteiger partial charge is 0.488 e. The Balaban J connectivity index is 3.06. The molecule has 48 valence electrons. The summed E-state index contributed by atoms with van der Waals surface area (Å²) in [6.45, 7) is 0. The van der Waals surface area contributed by atoms with Crippen LogP contribution in [0.2, 0.25) is 5.67 Å². The van der Waals surface area contributed by atoms with E-state index < -0.39 is 28.7 Å². The first-order valence-electron chi connectivity index (χ1n) is 2.18. The third-order valence-corrected chi connectivity index (χ3v) is 4.87. The van der Waals surface area contributed by atoms with Crippen LogP contribution in [0.4, 0.5) is 0 Å². The molecule has 0 rings (SSSR count). The minimum absolute atomic E-state index is 0.304. The van der Waals surface area contributed by atoms with Crippen molar-refractivity contribution in [2.24, 2.45) is 0 Å². The first kappa shape index (κ1) is 8.17. The third kappa shape index (κ3) is 4.33. The Bertz CT molecular complexity index is 65.7. The number of hydrogen-bond acceptors (Lipinski definition) is 4. The van der Waals surface area contributed by atoms with Gasteiger partial charge in [-0.1, -0.05) is 0 Å². The fourth-order valence-electron chi connectivity index (χ4n) is 0.235. The van der Waals surface area contributed by atoms with E-state index in [1.807, 2.05) is 0 Å². The van der Waals surface area contributed by atoms with Crippen LogP contribution < -0.4 is 0 Å². The lowest BCUT2D eigenvalue weighted by atomic mass is 11.9. The molecule has 0 aliphatic heterocycles. The van der Waals surface area contributed by atoms with Crippen molar-refractivity contribution in [3.05, 3.63) is 0 Å². The van der Waals surface area contributed by atoms with Crippen molar-refractivity contribution >= 4 is 28.7 Å². The summed E-state index contributed by atoms with van der Waals surface area (Å²) >= 11 is 0. The normalized spacial score (nSPS) is 11.8. The molecule has 0 fully saturated rings. The third-order valence-electron chi connectivity index (χ3n) is 0.541. The van der Waals surface area contributed by atoms with Crippen LogP contribution in [0.3, 0.4) is 0 Å². The molecule has 8 heavy (non-hydrogen) atoms. The van der Waals surface area contributed by atoms with Gasteiger partial charge < -0.3 is 18.2 Å². The Morgan fingerprint density at radius 2 is 2.25 bits per heavy atom. The van der Waals surface area contributed by atoms with Gasteiger partial charge in [-0.15, -0.1) is 0 Å². The molecule has 0 saturated heterocycles. The van der Waals surface area contributed by atoms with Crippen LogP contribution >= 0.6 is 0 Å². The zero-order valence-electron chi connectivity index (χ0n) is 4.33. The predicted octanol–water partition coefficient (Wildman–Crippen LogP) is -3.05. The quantitative estimate of drug-likeness (QED) is 0.438. The molecule has 0 aromatic rings. The van der Waals surface area contributed by atoms with Gasteiger partial charge in [0.25, 0.3) is 0 Å². The molecule has 0 spiro atoms. The summed E-state index contributed by atoms with van der Waals surface area (Å²) in [6, 6.07) is 0. The van der Waals surface area contributed by atoms with Crippen molar-refractivity contribution in [3.8, 4) is 0 Å². The lowest BCUT2D eigenvalue weighted by Gasteiger charge is -1.93. The second kappa shape index (κ2) is 5.31. The minimum atomic E-state index is -2.02. The molecular weight excluding hydrogens is 160 g/mol. The molecule has 0 radical (unpaired) electrons. The maximum Gasteiger partial charge on any atom is 0.488 e. The van der Waals surface area contributed by atoms with Crippen LogP contribution in [0.5, 0.6) is 0 Å². The topological polar surface area (TPSA) is 66.8 Å². The van der Waals surface area contributed by atoms with E-state index in [0.717, 1.165) is 0 Å². The van der Waals surface area contributed by atoms with Gasteiger partial charge in [-0.05, 0) is 0 Å². The van der Waals surface area contributed by atoms with Gasteiger partial charge in [0.2, 0.25) is 0 Å². The lowest BCUT2D eigenvalue weighted by molar-refractivity contribution is 0.413. The monoisotopic (exact) mass is 168 g/mol. The van der Waals surface area contributed by atoms with E-state index >= 15 is 0 Å². The molecule has 0 atom stereocenters. The van der Waals surface area contributed by atoms with E-state index in [-0.39, 0.29) is 0 Å². The molecule has 0 aliphatic rings. The largest absolute Gasteiger partial charge is 0.564 e. The fourth-order valence-corrected chi connectivity index (χ4v) is 3.42. The van der Waals surface area contributed by atoms with Crippen LogP contribution in [0.15, 0.2) is 0 Å². The standard InChI is InChI=1S/CH8O4Si3/c2-6-1-8(4)5-7-3/h2-3H,1,6-7H2. The summed E-state index contributed by atoms with van der Waals surface area (Å²) in [7, 11) is -4.66. The fraction of sp³-hybridized carbons (Fsp3) is 1.00. The second-order valence-corrected chi connectivity index (χ2v) is 5.72. The average Bonchev–Trinajstić information content (AvgIpc) is 1.68. The predicted molar refractivity (Wildman–Crippen MR) is 33.9 cm³/mol. The molecular formula is CH8O4Si3. The van der Waals surface area contributed by atoms with Crippen molar-refractivity contribution < 1.29 is 18.2 Å². The minimum Gasteiger partial charge on any atom is -0.564 e. The highest BCUT2D eigenvalue weighted by atomic mass is 28.4. The van der Waals surface area contributed by atoms with Gasteiger partial charge in [0.15, 0.2) is 9.76 Å². The van der Waals surface area contributed by atoms with E-state index in [9.17, 15) is 4.46 Å². The van der Waals surface area contributed by atoms with Gasteiger partial charge >= 0.3 is 18.9 Å². The molecule has 7 heteroatoms. The van der Waals surface area contributed by atoms with E-state index in [4.69, 9.17) is 9.59 Å². The maximum atomic E-state index is 10.4. The van der Waals surface area contributed by atoms with Gasteiger partial charge in [0.05, 0.1) is 0 Å². The highest BCUT2D eigenvalue weighted by Crippen LogP contribution is 1.77. The maximum absolute atomic E-state index is 10.4. The molecule has 2 N–H and O–H groups in total. The number of rotatable bonds is 4. The van der Waals surface area contributed by atoms with Crippen LogP contribution in [-0.2, 0) is 8.58 Å². The Morgan fingerprint density at radius 3 is 2.62 bits per heavy atom. The first-order chi connectivity index (χ1) is 3.81. The molecule has 0 amide bonds. The molecule has 0 heterocycles. The van der Waals surface area contributed by atoms with E-state index in [1.54, 1.807) is 0 Å². The van der Waals surface area contributed by atoms with Gasteiger partial charge in [-0.2, -0.15) is 0 Å². The Morgan fingerprint density at radius 1 is 1.62 bits per heavy atom. The summed E-state index contributed by atoms with van der Waals surface area (Å²) in [5, 5.41) is 0. The SMILES string of the molecule is O=[Si](C[SiH2]O)O[SiH2]O. The summed E-state index contributed by atoms with van der Waals surface area (Å²) in [4.78, 5) is 16.4. The van der Waals surface area contributed by atoms with Crippen molar-refractivity contribution in [3.63, 3.8) is 0 Å². The van der Waals surface area contributed by atoms with Crippen LogP contribution in [0.1, 0.15) is 0 Å². The van der Waals surface area contributed by atoms with Crippen molar-refractivity contribution in [1.82, 2.24) is 0 Å². The van der Waals surface area contributed by atoms with E-state index in [1.165, 1.54) is 0 Å².